The van der Waals surface area contributed by atoms with Gasteiger partial charge in [0.05, 0.1) is 12.7 Å². The summed E-state index contributed by atoms with van der Waals surface area (Å²) in [4.78, 5) is 12.6. The zero-order chi connectivity index (χ0) is 19.4. The summed E-state index contributed by atoms with van der Waals surface area (Å²) < 4.78 is 55.4. The minimum absolute atomic E-state index is 0.105. The van der Waals surface area contributed by atoms with E-state index in [1.807, 2.05) is 0 Å². The summed E-state index contributed by atoms with van der Waals surface area (Å²) in [6, 6.07) is 9.68. The fourth-order valence-corrected chi connectivity index (χ4v) is 3.21. The highest BCUT2D eigenvalue weighted by Gasteiger charge is 2.38. The quantitative estimate of drug-likeness (QED) is 0.460. The van der Waals surface area contributed by atoms with Gasteiger partial charge in [-0.1, -0.05) is 12.1 Å². The number of halogens is 4. The largest absolute Gasteiger partial charge is 0.467 e. The zero-order valence-electron chi connectivity index (χ0n) is 13.7. The van der Waals surface area contributed by atoms with Gasteiger partial charge in [0.1, 0.15) is 5.82 Å². The van der Waals surface area contributed by atoms with E-state index in [-0.39, 0.29) is 12.2 Å². The molecule has 0 amide bonds. The molecule has 0 saturated carbocycles. The molecule has 2 aromatic carbocycles. The van der Waals surface area contributed by atoms with E-state index in [0.717, 1.165) is 31.0 Å². The van der Waals surface area contributed by atoms with Gasteiger partial charge in [-0.3, -0.25) is 0 Å². The fraction of sp³-hybridized carbons (Fsp3) is 0.278. The van der Waals surface area contributed by atoms with Crippen LogP contribution >= 0.6 is 11.8 Å². The summed E-state index contributed by atoms with van der Waals surface area (Å²) in [6.07, 6.45) is -4.68. The number of ether oxygens (including phenoxy) is 1. The molecule has 0 spiro atoms. The zero-order valence-corrected chi connectivity index (χ0v) is 14.5. The molecule has 2 rings (SSSR count). The van der Waals surface area contributed by atoms with Crippen LogP contribution < -0.4 is 0 Å². The Bertz CT molecular complexity index is 745. The first kappa shape index (κ1) is 20.3. The number of alkyl halides is 3. The van der Waals surface area contributed by atoms with Gasteiger partial charge in [0.2, 0.25) is 0 Å². The van der Waals surface area contributed by atoms with Crippen LogP contribution in [0.1, 0.15) is 11.1 Å². The summed E-state index contributed by atoms with van der Waals surface area (Å²) in [5, 5.41) is 10.7. The molecule has 0 aliphatic rings. The van der Waals surface area contributed by atoms with Gasteiger partial charge in [-0.05, 0) is 42.0 Å². The van der Waals surface area contributed by atoms with Gasteiger partial charge in [-0.25, -0.2) is 9.18 Å². The van der Waals surface area contributed by atoms with Crippen molar-refractivity contribution in [3.05, 3.63) is 65.5 Å². The van der Waals surface area contributed by atoms with Crippen molar-refractivity contribution < 1.29 is 32.2 Å². The Labute approximate surface area is 152 Å². The van der Waals surface area contributed by atoms with Crippen molar-refractivity contribution in [1.29, 1.82) is 0 Å². The number of thioether (sulfide) groups is 1. The standard InChI is InChI=1S/C18H16F4O3S/c1-25-16(23)17(24,11-26-15-8-6-14(19)7-9-15)10-12-2-4-13(5-3-12)18(20,21)22/h2-9,24H,10-11H2,1H3. The number of aliphatic hydroxyl groups is 1. The van der Waals surface area contributed by atoms with E-state index in [4.69, 9.17) is 0 Å². The van der Waals surface area contributed by atoms with Gasteiger partial charge < -0.3 is 9.84 Å². The summed E-state index contributed by atoms with van der Waals surface area (Å²) in [5.74, 6) is -1.42. The Kier molecular flexibility index (Phi) is 6.30. The smallest absolute Gasteiger partial charge is 0.416 e. The molecule has 1 N–H and O–H groups in total. The molecule has 0 aliphatic carbocycles. The number of rotatable bonds is 6. The first-order valence-electron chi connectivity index (χ1n) is 7.49. The van der Waals surface area contributed by atoms with Crippen molar-refractivity contribution in [1.82, 2.24) is 0 Å². The maximum atomic E-state index is 12.9. The van der Waals surface area contributed by atoms with E-state index in [2.05, 4.69) is 4.74 Å². The lowest BCUT2D eigenvalue weighted by atomic mass is 9.95. The van der Waals surface area contributed by atoms with E-state index >= 15 is 0 Å². The van der Waals surface area contributed by atoms with Crippen LogP contribution in [0.15, 0.2) is 53.4 Å². The minimum atomic E-state index is -4.46. The van der Waals surface area contributed by atoms with Crippen molar-refractivity contribution in [3.63, 3.8) is 0 Å². The molecule has 8 heteroatoms. The molecule has 0 bridgehead atoms. The second kappa shape index (κ2) is 8.09. The second-order valence-corrected chi connectivity index (χ2v) is 6.69. The van der Waals surface area contributed by atoms with Crippen LogP contribution in [0.2, 0.25) is 0 Å². The minimum Gasteiger partial charge on any atom is -0.467 e. The van der Waals surface area contributed by atoms with Crippen LogP contribution in [0, 0.1) is 5.82 Å². The van der Waals surface area contributed by atoms with E-state index < -0.39 is 29.1 Å². The van der Waals surface area contributed by atoms with Crippen LogP contribution in [0.4, 0.5) is 17.6 Å². The van der Waals surface area contributed by atoms with Crippen LogP contribution in [-0.4, -0.2) is 29.5 Å². The average molecular weight is 388 g/mol. The van der Waals surface area contributed by atoms with Gasteiger partial charge in [-0.15, -0.1) is 11.8 Å². The molecule has 0 aromatic heterocycles. The van der Waals surface area contributed by atoms with Crippen molar-refractivity contribution in [3.8, 4) is 0 Å². The fourth-order valence-electron chi connectivity index (χ4n) is 2.25. The Morgan fingerprint density at radius 3 is 2.15 bits per heavy atom. The van der Waals surface area contributed by atoms with E-state index in [0.29, 0.717) is 10.5 Å². The predicted molar refractivity (Wildman–Crippen MR) is 89.2 cm³/mol. The second-order valence-electron chi connectivity index (χ2n) is 5.64. The van der Waals surface area contributed by atoms with Crippen LogP contribution in [0.25, 0.3) is 0 Å². The molecule has 1 atom stereocenters. The number of benzene rings is 2. The highest BCUT2D eigenvalue weighted by Crippen LogP contribution is 2.31. The van der Waals surface area contributed by atoms with E-state index in [9.17, 15) is 27.5 Å². The molecule has 2 aromatic rings. The normalized spacial score (nSPS) is 13.9. The number of esters is 1. The molecule has 1 unspecified atom stereocenters. The number of hydrogen-bond acceptors (Lipinski definition) is 4. The Morgan fingerprint density at radius 2 is 1.65 bits per heavy atom. The Hall–Kier alpha value is -2.06. The first-order chi connectivity index (χ1) is 12.1. The van der Waals surface area contributed by atoms with Crippen molar-refractivity contribution in [2.75, 3.05) is 12.9 Å². The summed E-state index contributed by atoms with van der Waals surface area (Å²) in [5.41, 5.74) is -2.40. The van der Waals surface area contributed by atoms with E-state index in [1.54, 1.807) is 0 Å². The summed E-state index contributed by atoms with van der Waals surface area (Å²) in [7, 11) is 1.11. The first-order valence-corrected chi connectivity index (χ1v) is 8.48. The SMILES string of the molecule is COC(=O)C(O)(CSc1ccc(F)cc1)Cc1ccc(C(F)(F)F)cc1. The van der Waals surface area contributed by atoms with Gasteiger partial charge in [0.15, 0.2) is 5.60 Å². The number of carbonyl (C=O) groups excluding carboxylic acids is 1. The van der Waals surface area contributed by atoms with Crippen LogP contribution in [0.3, 0.4) is 0 Å². The van der Waals surface area contributed by atoms with E-state index in [1.165, 1.54) is 36.4 Å². The molecular formula is C18H16F4O3S. The number of carbonyl (C=O) groups is 1. The van der Waals surface area contributed by atoms with Crippen molar-refractivity contribution in [2.45, 2.75) is 23.1 Å². The molecule has 140 valence electrons. The molecule has 0 radical (unpaired) electrons. The monoisotopic (exact) mass is 388 g/mol. The number of hydrogen-bond donors (Lipinski definition) is 1. The Balaban J connectivity index is 2.15. The van der Waals surface area contributed by atoms with Gasteiger partial charge in [0, 0.05) is 17.1 Å². The van der Waals surface area contributed by atoms with Gasteiger partial charge in [-0.2, -0.15) is 13.2 Å². The average Bonchev–Trinajstić information content (AvgIpc) is 2.60. The van der Waals surface area contributed by atoms with Gasteiger partial charge in [0.25, 0.3) is 0 Å². The van der Waals surface area contributed by atoms with Crippen molar-refractivity contribution in [2.24, 2.45) is 0 Å². The lowest BCUT2D eigenvalue weighted by Gasteiger charge is -2.25. The highest BCUT2D eigenvalue weighted by atomic mass is 32.2. The summed E-state index contributed by atoms with van der Waals surface area (Å²) in [6.45, 7) is 0. The highest BCUT2D eigenvalue weighted by molar-refractivity contribution is 7.99. The molecule has 3 nitrogen and oxygen atoms in total. The van der Waals surface area contributed by atoms with Crippen LogP contribution in [0.5, 0.6) is 0 Å². The third kappa shape index (κ3) is 5.22. The molecule has 0 saturated heterocycles. The van der Waals surface area contributed by atoms with Crippen LogP contribution in [-0.2, 0) is 22.1 Å². The lowest BCUT2D eigenvalue weighted by molar-refractivity contribution is -0.159. The predicted octanol–water partition coefficient (Wildman–Crippen LogP) is 4.08. The third-order valence-corrected chi connectivity index (χ3v) is 4.86. The number of methoxy groups -OCH3 is 1. The molecule has 0 heterocycles. The Morgan fingerprint density at radius 1 is 1.08 bits per heavy atom. The molecular weight excluding hydrogens is 372 g/mol. The van der Waals surface area contributed by atoms with Gasteiger partial charge >= 0.3 is 12.1 Å². The third-order valence-electron chi connectivity index (χ3n) is 3.63. The molecule has 0 fully saturated rings. The lowest BCUT2D eigenvalue weighted by Crippen LogP contribution is -2.44. The van der Waals surface area contributed by atoms with Crippen molar-refractivity contribution >= 4 is 17.7 Å². The maximum Gasteiger partial charge on any atom is 0.416 e. The summed E-state index contributed by atoms with van der Waals surface area (Å²) >= 11 is 1.11. The maximum absolute atomic E-state index is 12.9. The molecule has 26 heavy (non-hydrogen) atoms. The molecule has 0 aliphatic heterocycles. The topological polar surface area (TPSA) is 46.5 Å².